The molecule has 2 heteroatoms. The quantitative estimate of drug-likeness (QED) is 0.695. The van der Waals surface area contributed by atoms with Crippen molar-refractivity contribution < 1.29 is 4.74 Å². The highest BCUT2D eigenvalue weighted by Gasteiger charge is 2.45. The number of hydrogen-bond acceptors (Lipinski definition) is 2. The Kier molecular flexibility index (Phi) is 2.37. The van der Waals surface area contributed by atoms with Crippen LogP contribution in [0.5, 0.6) is 0 Å². The summed E-state index contributed by atoms with van der Waals surface area (Å²) in [6, 6.07) is 0. The molecule has 1 saturated heterocycles. The molecule has 0 radical (unpaired) electrons. The van der Waals surface area contributed by atoms with Crippen molar-refractivity contribution in [2.45, 2.75) is 32.1 Å². The molecule has 0 aromatic heterocycles. The highest BCUT2D eigenvalue weighted by atomic mass is 16.5. The Morgan fingerprint density at radius 3 is 2.33 bits per heavy atom. The van der Waals surface area contributed by atoms with Gasteiger partial charge in [0.05, 0.1) is 13.2 Å². The van der Waals surface area contributed by atoms with Gasteiger partial charge in [-0.15, -0.1) is 0 Å². The van der Waals surface area contributed by atoms with Crippen molar-refractivity contribution in [2.75, 3.05) is 19.8 Å². The van der Waals surface area contributed by atoms with Gasteiger partial charge in [-0.25, -0.2) is 0 Å². The second-order valence-electron chi connectivity index (χ2n) is 4.38. The average Bonchev–Trinajstić information content (AvgIpc) is 2.48. The van der Waals surface area contributed by atoms with Crippen LogP contribution in [0.3, 0.4) is 0 Å². The van der Waals surface area contributed by atoms with Gasteiger partial charge in [-0.05, 0) is 31.7 Å². The van der Waals surface area contributed by atoms with Gasteiger partial charge in [0, 0.05) is 5.41 Å². The second kappa shape index (κ2) is 3.35. The molecule has 0 aromatic carbocycles. The largest absolute Gasteiger partial charge is 0.380 e. The second-order valence-corrected chi connectivity index (χ2v) is 4.38. The molecular formula is C10H19NO. The summed E-state index contributed by atoms with van der Waals surface area (Å²) < 4.78 is 5.35. The van der Waals surface area contributed by atoms with E-state index >= 15 is 0 Å². The zero-order valence-corrected chi connectivity index (χ0v) is 7.72. The first-order chi connectivity index (χ1) is 5.87. The Morgan fingerprint density at radius 1 is 1.25 bits per heavy atom. The number of hydrogen-bond donors (Lipinski definition) is 1. The van der Waals surface area contributed by atoms with Gasteiger partial charge >= 0.3 is 0 Å². The van der Waals surface area contributed by atoms with Crippen LogP contribution in [0.1, 0.15) is 32.1 Å². The van der Waals surface area contributed by atoms with Crippen molar-refractivity contribution in [1.29, 1.82) is 0 Å². The molecule has 0 bridgehead atoms. The molecule has 2 N–H and O–H groups in total. The topological polar surface area (TPSA) is 35.2 Å². The van der Waals surface area contributed by atoms with Gasteiger partial charge in [0.2, 0.25) is 0 Å². The minimum atomic E-state index is 0.505. The maximum Gasteiger partial charge on any atom is 0.0547 e. The summed E-state index contributed by atoms with van der Waals surface area (Å²) in [5.41, 5.74) is 6.14. The fraction of sp³-hybridized carbons (Fsp3) is 1.00. The van der Waals surface area contributed by atoms with E-state index in [1.165, 1.54) is 32.1 Å². The van der Waals surface area contributed by atoms with E-state index in [0.29, 0.717) is 5.41 Å². The predicted octanol–water partition coefficient (Wildman–Crippen LogP) is 1.54. The molecular weight excluding hydrogens is 150 g/mol. The zero-order chi connectivity index (χ0) is 8.44. The van der Waals surface area contributed by atoms with E-state index in [0.717, 1.165) is 25.7 Å². The van der Waals surface area contributed by atoms with Crippen molar-refractivity contribution in [3.63, 3.8) is 0 Å². The van der Waals surface area contributed by atoms with Crippen LogP contribution >= 0.6 is 0 Å². The summed E-state index contributed by atoms with van der Waals surface area (Å²) in [4.78, 5) is 0. The third-order valence-electron chi connectivity index (χ3n) is 3.64. The fourth-order valence-corrected chi connectivity index (χ4v) is 2.77. The molecule has 70 valence electrons. The Bertz CT molecular complexity index is 148. The van der Waals surface area contributed by atoms with Crippen LogP contribution in [0.2, 0.25) is 0 Å². The molecule has 0 spiro atoms. The Balaban J connectivity index is 1.95. The number of nitrogens with two attached hydrogens (primary N) is 1. The Labute approximate surface area is 74.5 Å². The van der Waals surface area contributed by atoms with Gasteiger partial charge < -0.3 is 10.5 Å². The molecule has 2 rings (SSSR count). The number of ether oxygens (including phenoxy) is 1. The molecule has 0 aromatic rings. The molecule has 12 heavy (non-hydrogen) atoms. The van der Waals surface area contributed by atoms with Gasteiger partial charge in [0.15, 0.2) is 0 Å². The zero-order valence-electron chi connectivity index (χ0n) is 7.72. The van der Waals surface area contributed by atoms with E-state index in [9.17, 15) is 0 Å². The van der Waals surface area contributed by atoms with E-state index in [1.54, 1.807) is 0 Å². The van der Waals surface area contributed by atoms with Crippen LogP contribution in [-0.4, -0.2) is 19.8 Å². The van der Waals surface area contributed by atoms with E-state index in [2.05, 4.69) is 0 Å². The predicted molar refractivity (Wildman–Crippen MR) is 48.9 cm³/mol. The lowest BCUT2D eigenvalue weighted by Crippen LogP contribution is -2.48. The highest BCUT2D eigenvalue weighted by molar-refractivity contribution is 4.93. The van der Waals surface area contributed by atoms with Crippen LogP contribution in [0.25, 0.3) is 0 Å². The minimum absolute atomic E-state index is 0.505. The maximum atomic E-state index is 5.64. The maximum absolute atomic E-state index is 5.64. The number of rotatable bonds is 3. The molecule has 1 saturated carbocycles. The first kappa shape index (κ1) is 8.52. The van der Waals surface area contributed by atoms with Gasteiger partial charge in [0.1, 0.15) is 0 Å². The summed E-state index contributed by atoms with van der Waals surface area (Å²) in [5, 5.41) is 0. The van der Waals surface area contributed by atoms with E-state index in [1.807, 2.05) is 0 Å². The Morgan fingerprint density at radius 2 is 1.92 bits per heavy atom. The van der Waals surface area contributed by atoms with Crippen LogP contribution < -0.4 is 5.73 Å². The van der Waals surface area contributed by atoms with Crippen LogP contribution in [0.15, 0.2) is 0 Å². The SMILES string of the molecule is NCCC1(C2CCCC2)COC1. The first-order valence-electron chi connectivity index (χ1n) is 5.15. The first-order valence-corrected chi connectivity index (χ1v) is 5.15. The lowest BCUT2D eigenvalue weighted by Gasteiger charge is -2.46. The lowest BCUT2D eigenvalue weighted by molar-refractivity contribution is -0.147. The van der Waals surface area contributed by atoms with E-state index in [4.69, 9.17) is 10.5 Å². The smallest absolute Gasteiger partial charge is 0.0547 e. The Hall–Kier alpha value is -0.0800. The summed E-state index contributed by atoms with van der Waals surface area (Å²) in [6.45, 7) is 2.80. The summed E-state index contributed by atoms with van der Waals surface area (Å²) in [7, 11) is 0. The minimum Gasteiger partial charge on any atom is -0.380 e. The highest BCUT2D eigenvalue weighted by Crippen LogP contribution is 2.46. The van der Waals surface area contributed by atoms with E-state index in [-0.39, 0.29) is 0 Å². The molecule has 0 amide bonds. The fourth-order valence-electron chi connectivity index (χ4n) is 2.77. The third-order valence-corrected chi connectivity index (χ3v) is 3.64. The van der Waals surface area contributed by atoms with Crippen LogP contribution in [0.4, 0.5) is 0 Å². The van der Waals surface area contributed by atoms with Crippen LogP contribution in [-0.2, 0) is 4.74 Å². The van der Waals surface area contributed by atoms with Crippen LogP contribution in [0, 0.1) is 11.3 Å². The third kappa shape index (κ3) is 1.27. The molecule has 0 unspecified atom stereocenters. The normalized spacial score (nSPS) is 28.8. The molecule has 1 aliphatic heterocycles. The average molecular weight is 169 g/mol. The monoisotopic (exact) mass is 169 g/mol. The molecule has 2 aliphatic rings. The van der Waals surface area contributed by atoms with Gasteiger partial charge in [-0.2, -0.15) is 0 Å². The van der Waals surface area contributed by atoms with Crippen molar-refractivity contribution in [3.8, 4) is 0 Å². The molecule has 1 heterocycles. The van der Waals surface area contributed by atoms with Crippen molar-refractivity contribution in [3.05, 3.63) is 0 Å². The summed E-state index contributed by atoms with van der Waals surface area (Å²) >= 11 is 0. The molecule has 2 nitrogen and oxygen atoms in total. The standard InChI is InChI=1S/C10H19NO/c11-6-5-10(7-12-8-10)9-3-1-2-4-9/h9H,1-8,11H2. The van der Waals surface area contributed by atoms with Gasteiger partial charge in [-0.3, -0.25) is 0 Å². The van der Waals surface area contributed by atoms with E-state index < -0.39 is 0 Å². The van der Waals surface area contributed by atoms with Gasteiger partial charge in [0.25, 0.3) is 0 Å². The summed E-state index contributed by atoms with van der Waals surface area (Å²) in [5.74, 6) is 0.926. The van der Waals surface area contributed by atoms with Crippen molar-refractivity contribution >= 4 is 0 Å². The molecule has 1 aliphatic carbocycles. The summed E-state index contributed by atoms with van der Waals surface area (Å²) in [6.07, 6.45) is 6.87. The van der Waals surface area contributed by atoms with Gasteiger partial charge in [-0.1, -0.05) is 12.8 Å². The lowest BCUT2D eigenvalue weighted by atomic mass is 9.70. The molecule has 2 fully saturated rings. The molecule has 0 atom stereocenters. The van der Waals surface area contributed by atoms with Crippen molar-refractivity contribution in [1.82, 2.24) is 0 Å². The van der Waals surface area contributed by atoms with Crippen molar-refractivity contribution in [2.24, 2.45) is 17.1 Å².